The number of methoxy groups -OCH3 is 1. The molecule has 6 heteroatoms. The topological polar surface area (TPSA) is 67.9 Å². The van der Waals surface area contributed by atoms with Crippen LogP contribution in [0.15, 0.2) is 55.1 Å². The van der Waals surface area contributed by atoms with E-state index < -0.39 is 0 Å². The summed E-state index contributed by atoms with van der Waals surface area (Å²) >= 11 is 0. The highest BCUT2D eigenvalue weighted by Crippen LogP contribution is 2.28. The highest BCUT2D eigenvalue weighted by Gasteiger charge is 2.20. The van der Waals surface area contributed by atoms with E-state index in [0.29, 0.717) is 30.2 Å². The van der Waals surface area contributed by atoms with E-state index in [1.54, 1.807) is 13.2 Å². The predicted octanol–water partition coefficient (Wildman–Crippen LogP) is 3.56. The van der Waals surface area contributed by atoms with Gasteiger partial charge in [0.2, 0.25) is 5.91 Å². The Bertz CT molecular complexity index is 894. The van der Waals surface area contributed by atoms with E-state index in [1.807, 2.05) is 47.4 Å². The van der Waals surface area contributed by atoms with Crippen LogP contribution in [0.3, 0.4) is 0 Å². The third kappa shape index (κ3) is 5.60. The van der Waals surface area contributed by atoms with Crippen LogP contribution in [0.1, 0.15) is 24.0 Å². The van der Waals surface area contributed by atoms with Crippen molar-refractivity contribution in [2.45, 2.75) is 25.8 Å². The molecule has 0 atom stereocenters. The number of hydrogen-bond acceptors (Lipinski definition) is 4. The van der Waals surface area contributed by atoms with Gasteiger partial charge >= 0.3 is 0 Å². The fraction of sp³-hybridized carbons (Fsp3) is 0.304. The molecule has 0 aromatic heterocycles. The number of carbonyl (C=O) groups excluding carboxylic acids is 2. The Morgan fingerprint density at radius 1 is 1.21 bits per heavy atom. The number of nitrogens with one attached hydrogen (secondary N) is 1. The molecule has 0 radical (unpaired) electrons. The van der Waals surface area contributed by atoms with E-state index in [-0.39, 0.29) is 18.4 Å². The van der Waals surface area contributed by atoms with E-state index in [0.717, 1.165) is 30.5 Å². The molecule has 1 N–H and O–H groups in total. The first-order chi connectivity index (χ1) is 14.1. The van der Waals surface area contributed by atoms with E-state index in [2.05, 4.69) is 11.9 Å². The molecular weight excluding hydrogens is 368 g/mol. The van der Waals surface area contributed by atoms with Gasteiger partial charge in [-0.3, -0.25) is 9.59 Å². The number of anilines is 1. The summed E-state index contributed by atoms with van der Waals surface area (Å²) in [4.78, 5) is 25.9. The molecule has 6 nitrogen and oxygen atoms in total. The van der Waals surface area contributed by atoms with Gasteiger partial charge in [0.1, 0.15) is 0 Å². The molecule has 29 heavy (non-hydrogen) atoms. The standard InChI is InChI=1S/C23H26N2O4/c1-3-6-17-10-11-20(21(14-17)28-2)29-16-22(26)24-19-8-4-7-18(13-19)15-25-12-5-9-23(25)27/h3-4,7-8,10-11,13-14H,1,5-6,9,12,15-16H2,2H3,(H,24,26). The van der Waals surface area contributed by atoms with E-state index in [9.17, 15) is 9.59 Å². The molecule has 1 fully saturated rings. The molecular formula is C23H26N2O4. The number of nitrogens with zero attached hydrogens (tertiary/aromatic N) is 1. The Labute approximate surface area is 171 Å². The van der Waals surface area contributed by atoms with Crippen molar-refractivity contribution in [2.75, 3.05) is 25.6 Å². The third-order valence-electron chi connectivity index (χ3n) is 4.72. The van der Waals surface area contributed by atoms with Crippen molar-refractivity contribution >= 4 is 17.5 Å². The lowest BCUT2D eigenvalue weighted by Gasteiger charge is -2.16. The van der Waals surface area contributed by atoms with Crippen LogP contribution >= 0.6 is 0 Å². The molecule has 2 aromatic carbocycles. The molecule has 0 spiro atoms. The number of hydrogen-bond donors (Lipinski definition) is 1. The number of allylic oxidation sites excluding steroid dienone is 1. The zero-order valence-electron chi connectivity index (χ0n) is 16.6. The van der Waals surface area contributed by atoms with Crippen LogP contribution in [0.2, 0.25) is 0 Å². The molecule has 3 rings (SSSR count). The smallest absolute Gasteiger partial charge is 0.262 e. The van der Waals surface area contributed by atoms with Crippen LogP contribution in [-0.2, 0) is 22.6 Å². The second kappa shape index (κ2) is 9.78. The normalized spacial score (nSPS) is 13.3. The van der Waals surface area contributed by atoms with Gasteiger partial charge < -0.3 is 19.7 Å². The van der Waals surface area contributed by atoms with Crippen molar-refractivity contribution in [3.63, 3.8) is 0 Å². The number of likely N-dealkylation sites (tertiary alicyclic amines) is 1. The first-order valence-electron chi connectivity index (χ1n) is 9.66. The molecule has 0 unspecified atom stereocenters. The Morgan fingerprint density at radius 2 is 2.07 bits per heavy atom. The van der Waals surface area contributed by atoms with Gasteiger partial charge in [-0.05, 0) is 48.2 Å². The maximum absolute atomic E-state index is 12.3. The Balaban J connectivity index is 1.56. The van der Waals surface area contributed by atoms with Gasteiger partial charge in [0.25, 0.3) is 5.91 Å². The fourth-order valence-corrected chi connectivity index (χ4v) is 3.30. The summed E-state index contributed by atoms with van der Waals surface area (Å²) in [5.74, 6) is 1.00. The van der Waals surface area contributed by atoms with Crippen molar-refractivity contribution < 1.29 is 19.1 Å². The van der Waals surface area contributed by atoms with E-state index in [4.69, 9.17) is 9.47 Å². The maximum atomic E-state index is 12.3. The lowest BCUT2D eigenvalue weighted by molar-refractivity contribution is -0.128. The molecule has 0 aliphatic carbocycles. The minimum Gasteiger partial charge on any atom is -0.493 e. The maximum Gasteiger partial charge on any atom is 0.262 e. The molecule has 2 amide bonds. The van der Waals surface area contributed by atoms with Crippen molar-refractivity contribution in [1.29, 1.82) is 0 Å². The average Bonchev–Trinajstić information content (AvgIpc) is 3.12. The lowest BCUT2D eigenvalue weighted by Crippen LogP contribution is -2.24. The van der Waals surface area contributed by atoms with Gasteiger partial charge in [-0.2, -0.15) is 0 Å². The number of benzene rings is 2. The lowest BCUT2D eigenvalue weighted by atomic mass is 10.1. The largest absolute Gasteiger partial charge is 0.493 e. The third-order valence-corrected chi connectivity index (χ3v) is 4.72. The molecule has 1 aliphatic heterocycles. The number of ether oxygens (including phenoxy) is 2. The Morgan fingerprint density at radius 3 is 2.79 bits per heavy atom. The molecule has 1 aliphatic rings. The van der Waals surface area contributed by atoms with Gasteiger partial charge in [0.15, 0.2) is 18.1 Å². The Hall–Kier alpha value is -3.28. The summed E-state index contributed by atoms with van der Waals surface area (Å²) in [6, 6.07) is 13.1. The van der Waals surface area contributed by atoms with E-state index in [1.165, 1.54) is 0 Å². The monoisotopic (exact) mass is 394 g/mol. The molecule has 2 aromatic rings. The fourth-order valence-electron chi connectivity index (χ4n) is 3.30. The zero-order chi connectivity index (χ0) is 20.6. The molecule has 1 saturated heterocycles. The summed E-state index contributed by atoms with van der Waals surface area (Å²) in [5.41, 5.74) is 2.72. The van der Waals surface area contributed by atoms with Gasteiger partial charge in [-0.1, -0.05) is 24.3 Å². The van der Waals surface area contributed by atoms with Crippen molar-refractivity contribution in [2.24, 2.45) is 0 Å². The second-order valence-corrected chi connectivity index (χ2v) is 6.93. The van der Waals surface area contributed by atoms with Crippen molar-refractivity contribution in [1.82, 2.24) is 4.90 Å². The van der Waals surface area contributed by atoms with Crippen LogP contribution in [-0.4, -0.2) is 37.0 Å². The predicted molar refractivity (Wildman–Crippen MR) is 112 cm³/mol. The number of rotatable bonds is 9. The van der Waals surface area contributed by atoms with Crippen LogP contribution in [0.5, 0.6) is 11.5 Å². The zero-order valence-corrected chi connectivity index (χ0v) is 16.6. The van der Waals surface area contributed by atoms with E-state index >= 15 is 0 Å². The highest BCUT2D eigenvalue weighted by molar-refractivity contribution is 5.92. The first-order valence-corrected chi connectivity index (χ1v) is 9.66. The van der Waals surface area contributed by atoms with Crippen LogP contribution in [0.25, 0.3) is 0 Å². The van der Waals surface area contributed by atoms with Crippen molar-refractivity contribution in [3.05, 3.63) is 66.2 Å². The number of amides is 2. The van der Waals surface area contributed by atoms with Crippen molar-refractivity contribution in [3.8, 4) is 11.5 Å². The van der Waals surface area contributed by atoms with Gasteiger partial charge in [-0.25, -0.2) is 0 Å². The SMILES string of the molecule is C=CCc1ccc(OCC(=O)Nc2cccc(CN3CCCC3=O)c2)c(OC)c1. The summed E-state index contributed by atoms with van der Waals surface area (Å²) in [6.45, 7) is 4.95. The molecule has 1 heterocycles. The molecule has 152 valence electrons. The van der Waals surface area contributed by atoms with Crippen LogP contribution < -0.4 is 14.8 Å². The minimum atomic E-state index is -0.267. The van der Waals surface area contributed by atoms with Crippen LogP contribution in [0, 0.1) is 0 Å². The first kappa shape index (κ1) is 20.5. The van der Waals surface area contributed by atoms with Gasteiger partial charge in [0.05, 0.1) is 7.11 Å². The summed E-state index contributed by atoms with van der Waals surface area (Å²) in [5, 5.41) is 2.84. The molecule has 0 saturated carbocycles. The van der Waals surface area contributed by atoms with Gasteiger partial charge in [0, 0.05) is 25.2 Å². The minimum absolute atomic E-state index is 0.133. The molecule has 0 bridgehead atoms. The second-order valence-electron chi connectivity index (χ2n) is 6.93. The number of carbonyl (C=O) groups is 2. The van der Waals surface area contributed by atoms with Gasteiger partial charge in [-0.15, -0.1) is 6.58 Å². The van der Waals surface area contributed by atoms with Crippen LogP contribution in [0.4, 0.5) is 5.69 Å². The average molecular weight is 394 g/mol. The summed E-state index contributed by atoms with van der Waals surface area (Å²) in [7, 11) is 1.57. The Kier molecular flexibility index (Phi) is 6.89. The summed E-state index contributed by atoms with van der Waals surface area (Å²) in [6.07, 6.45) is 4.07. The quantitative estimate of drug-likeness (QED) is 0.661. The highest BCUT2D eigenvalue weighted by atomic mass is 16.5. The summed E-state index contributed by atoms with van der Waals surface area (Å²) < 4.78 is 11.0.